The van der Waals surface area contributed by atoms with Crippen LogP contribution in [0.2, 0.25) is 0 Å². The second-order valence-corrected chi connectivity index (χ2v) is 5.09. The van der Waals surface area contributed by atoms with Gasteiger partial charge in [-0.2, -0.15) is 18.3 Å². The zero-order valence-electron chi connectivity index (χ0n) is 9.55. The number of thiazole rings is 1. The fourth-order valence-corrected chi connectivity index (χ4v) is 2.69. The van der Waals surface area contributed by atoms with Crippen molar-refractivity contribution in [1.29, 1.82) is 0 Å². The summed E-state index contributed by atoms with van der Waals surface area (Å²) in [4.78, 5) is 4.36. The van der Waals surface area contributed by atoms with Gasteiger partial charge in [-0.15, -0.1) is 11.3 Å². The topological polar surface area (TPSA) is 30.7 Å². The molecule has 2 heterocycles. The molecule has 7 heteroatoms. The molecule has 0 aliphatic rings. The summed E-state index contributed by atoms with van der Waals surface area (Å²) in [6.45, 7) is 0.245. The van der Waals surface area contributed by atoms with Crippen LogP contribution >= 0.6 is 11.3 Å². The molecule has 3 aromatic rings. The summed E-state index contributed by atoms with van der Waals surface area (Å²) in [5, 5.41) is 4.24. The van der Waals surface area contributed by atoms with Gasteiger partial charge in [0.05, 0.1) is 16.8 Å². The summed E-state index contributed by atoms with van der Waals surface area (Å²) in [5.74, 6) is 0. The van der Waals surface area contributed by atoms with Crippen LogP contribution in [0.15, 0.2) is 36.5 Å². The summed E-state index contributed by atoms with van der Waals surface area (Å²) in [6.07, 6.45) is -3.09. The lowest BCUT2D eigenvalue weighted by Crippen LogP contribution is -2.08. The number of halogens is 3. The van der Waals surface area contributed by atoms with Gasteiger partial charge >= 0.3 is 6.18 Å². The lowest BCUT2D eigenvalue weighted by molar-refractivity contribution is -0.141. The van der Waals surface area contributed by atoms with Gasteiger partial charge in [0.1, 0.15) is 5.01 Å². The van der Waals surface area contributed by atoms with Gasteiger partial charge in [0.2, 0.25) is 0 Å². The van der Waals surface area contributed by atoms with Crippen LogP contribution in [0, 0.1) is 0 Å². The molecule has 0 fully saturated rings. The van der Waals surface area contributed by atoms with E-state index in [9.17, 15) is 13.2 Å². The molecule has 0 aliphatic heterocycles. The first-order chi connectivity index (χ1) is 9.02. The summed E-state index contributed by atoms with van der Waals surface area (Å²) in [6, 6.07) is 8.55. The van der Waals surface area contributed by atoms with Crippen LogP contribution < -0.4 is 0 Å². The summed E-state index contributed by atoms with van der Waals surface area (Å²) in [7, 11) is 0. The molecule has 0 amide bonds. The van der Waals surface area contributed by atoms with Gasteiger partial charge in [-0.1, -0.05) is 12.1 Å². The van der Waals surface area contributed by atoms with Crippen LogP contribution in [-0.4, -0.2) is 14.8 Å². The standard InChI is InChI=1S/C12H8F3N3S/c13-12(14,15)10-5-6-18(17-10)7-11-16-8-3-1-2-4-9(8)19-11/h1-6H,7H2. The van der Waals surface area contributed by atoms with Gasteiger partial charge in [-0.3, -0.25) is 4.68 Å². The molecule has 0 aliphatic carbocycles. The summed E-state index contributed by atoms with van der Waals surface area (Å²) in [5.41, 5.74) is -0.0284. The number of hydrogen-bond donors (Lipinski definition) is 0. The molecule has 0 bridgehead atoms. The van der Waals surface area contributed by atoms with E-state index in [4.69, 9.17) is 0 Å². The predicted molar refractivity (Wildman–Crippen MR) is 66.0 cm³/mol. The number of aromatic nitrogens is 3. The maximum Gasteiger partial charge on any atom is 0.435 e. The van der Waals surface area contributed by atoms with Crippen molar-refractivity contribution in [2.75, 3.05) is 0 Å². The van der Waals surface area contributed by atoms with Crippen molar-refractivity contribution in [3.05, 3.63) is 47.2 Å². The fourth-order valence-electron chi connectivity index (χ4n) is 1.73. The Balaban J connectivity index is 1.86. The van der Waals surface area contributed by atoms with E-state index in [0.717, 1.165) is 21.3 Å². The maximum absolute atomic E-state index is 12.4. The first kappa shape index (κ1) is 12.2. The second-order valence-electron chi connectivity index (χ2n) is 3.97. The van der Waals surface area contributed by atoms with Crippen LogP contribution in [0.5, 0.6) is 0 Å². The van der Waals surface area contributed by atoms with E-state index in [1.54, 1.807) is 0 Å². The van der Waals surface area contributed by atoms with E-state index < -0.39 is 11.9 Å². The first-order valence-electron chi connectivity index (χ1n) is 5.47. The van der Waals surface area contributed by atoms with Crippen molar-refractivity contribution in [2.24, 2.45) is 0 Å². The molecule has 0 N–H and O–H groups in total. The van der Waals surface area contributed by atoms with E-state index >= 15 is 0 Å². The lowest BCUT2D eigenvalue weighted by Gasteiger charge is -2.01. The lowest BCUT2D eigenvalue weighted by atomic mass is 10.3. The van der Waals surface area contributed by atoms with E-state index in [1.165, 1.54) is 22.2 Å². The number of hydrogen-bond acceptors (Lipinski definition) is 3. The number of rotatable bonds is 2. The highest BCUT2D eigenvalue weighted by molar-refractivity contribution is 7.18. The van der Waals surface area contributed by atoms with E-state index in [2.05, 4.69) is 10.1 Å². The molecular formula is C12H8F3N3S. The van der Waals surface area contributed by atoms with Crippen LogP contribution in [0.4, 0.5) is 13.2 Å². The Labute approximate surface area is 110 Å². The predicted octanol–water partition coefficient (Wildman–Crippen LogP) is 3.56. The molecule has 0 atom stereocenters. The highest BCUT2D eigenvalue weighted by Crippen LogP contribution is 2.28. The van der Waals surface area contributed by atoms with Crippen molar-refractivity contribution >= 4 is 21.6 Å². The largest absolute Gasteiger partial charge is 0.435 e. The third-order valence-electron chi connectivity index (χ3n) is 2.57. The van der Waals surface area contributed by atoms with Crippen LogP contribution in [0.3, 0.4) is 0 Å². The van der Waals surface area contributed by atoms with Crippen LogP contribution in [-0.2, 0) is 12.7 Å². The Morgan fingerprint density at radius 1 is 1.16 bits per heavy atom. The summed E-state index contributed by atoms with van der Waals surface area (Å²) < 4.78 is 39.5. The zero-order valence-corrected chi connectivity index (χ0v) is 10.4. The van der Waals surface area contributed by atoms with E-state index in [1.807, 2.05) is 24.3 Å². The molecule has 98 valence electrons. The number of alkyl halides is 3. The smallest absolute Gasteiger partial charge is 0.265 e. The Morgan fingerprint density at radius 2 is 1.95 bits per heavy atom. The Kier molecular flexibility index (Phi) is 2.78. The highest BCUT2D eigenvalue weighted by Gasteiger charge is 2.33. The molecule has 0 unspecified atom stereocenters. The SMILES string of the molecule is FC(F)(F)c1ccn(Cc2nc3ccccc3s2)n1. The van der Waals surface area contributed by atoms with Gasteiger partial charge in [0.15, 0.2) is 5.69 Å². The van der Waals surface area contributed by atoms with Gasteiger partial charge in [-0.25, -0.2) is 4.98 Å². The molecule has 2 aromatic heterocycles. The van der Waals surface area contributed by atoms with Gasteiger partial charge < -0.3 is 0 Å². The zero-order chi connectivity index (χ0) is 13.5. The molecule has 3 rings (SSSR count). The number of benzene rings is 1. The minimum atomic E-state index is -4.40. The quantitative estimate of drug-likeness (QED) is 0.720. The van der Waals surface area contributed by atoms with Crippen molar-refractivity contribution in [3.63, 3.8) is 0 Å². The minimum Gasteiger partial charge on any atom is -0.265 e. The summed E-state index contributed by atoms with van der Waals surface area (Å²) >= 11 is 1.46. The van der Waals surface area contributed by atoms with E-state index in [0.29, 0.717) is 0 Å². The first-order valence-corrected chi connectivity index (χ1v) is 6.29. The molecule has 0 radical (unpaired) electrons. The number of nitrogens with zero attached hydrogens (tertiary/aromatic N) is 3. The van der Waals surface area contributed by atoms with Gasteiger partial charge in [0.25, 0.3) is 0 Å². The van der Waals surface area contributed by atoms with E-state index in [-0.39, 0.29) is 6.54 Å². The minimum absolute atomic E-state index is 0.245. The molecule has 1 aromatic carbocycles. The molecule has 3 nitrogen and oxygen atoms in total. The van der Waals surface area contributed by atoms with Crippen LogP contribution in [0.1, 0.15) is 10.7 Å². The average Bonchev–Trinajstić information content (AvgIpc) is 2.94. The average molecular weight is 283 g/mol. The molecule has 0 saturated carbocycles. The van der Waals surface area contributed by atoms with Crippen molar-refractivity contribution < 1.29 is 13.2 Å². The second kappa shape index (κ2) is 4.34. The Hall–Kier alpha value is -1.89. The normalized spacial score (nSPS) is 12.2. The Morgan fingerprint density at radius 3 is 2.63 bits per heavy atom. The molecule has 19 heavy (non-hydrogen) atoms. The maximum atomic E-state index is 12.4. The third kappa shape index (κ3) is 2.46. The fraction of sp³-hybridized carbons (Fsp3) is 0.167. The molecule has 0 spiro atoms. The third-order valence-corrected chi connectivity index (χ3v) is 3.59. The van der Waals surface area contributed by atoms with Crippen LogP contribution in [0.25, 0.3) is 10.2 Å². The Bertz CT molecular complexity index is 681. The highest BCUT2D eigenvalue weighted by atomic mass is 32.1. The van der Waals surface area contributed by atoms with Gasteiger partial charge in [0, 0.05) is 6.20 Å². The van der Waals surface area contributed by atoms with Crippen molar-refractivity contribution in [2.45, 2.75) is 12.7 Å². The van der Waals surface area contributed by atoms with Crippen molar-refractivity contribution in [3.8, 4) is 0 Å². The number of para-hydroxylation sites is 1. The monoisotopic (exact) mass is 283 g/mol. The van der Waals surface area contributed by atoms with Gasteiger partial charge in [-0.05, 0) is 18.2 Å². The molecule has 0 saturated heterocycles. The molecular weight excluding hydrogens is 275 g/mol. The number of fused-ring (bicyclic) bond motifs is 1. The van der Waals surface area contributed by atoms with Crippen molar-refractivity contribution in [1.82, 2.24) is 14.8 Å².